The molecule has 0 saturated carbocycles. The van der Waals surface area contributed by atoms with E-state index in [0.29, 0.717) is 6.54 Å². The molecule has 1 aliphatic heterocycles. The summed E-state index contributed by atoms with van der Waals surface area (Å²) >= 11 is 2.06. The summed E-state index contributed by atoms with van der Waals surface area (Å²) in [7, 11) is 0. The summed E-state index contributed by atoms with van der Waals surface area (Å²) in [6.07, 6.45) is 2.62. The Morgan fingerprint density at radius 2 is 1.94 bits per heavy atom. The van der Waals surface area contributed by atoms with Crippen molar-refractivity contribution in [2.45, 2.75) is 25.4 Å². The Morgan fingerprint density at radius 1 is 1.28 bits per heavy atom. The lowest BCUT2D eigenvalue weighted by Crippen LogP contribution is -2.38. The average Bonchev–Trinajstić information content (AvgIpc) is 2.41. The van der Waals surface area contributed by atoms with Crippen LogP contribution in [0.2, 0.25) is 0 Å². The first-order valence-corrected chi connectivity index (χ1v) is 7.90. The zero-order chi connectivity index (χ0) is 12.8. The third-order valence-electron chi connectivity index (χ3n) is 3.64. The van der Waals surface area contributed by atoms with Crippen molar-refractivity contribution in [3.05, 3.63) is 35.9 Å². The fourth-order valence-electron chi connectivity index (χ4n) is 2.37. The number of aliphatic hydroxyl groups is 1. The molecular weight excluding hydrogens is 242 g/mol. The molecule has 1 fully saturated rings. The zero-order valence-corrected chi connectivity index (χ0v) is 11.9. The van der Waals surface area contributed by atoms with Crippen molar-refractivity contribution in [1.29, 1.82) is 0 Å². The van der Waals surface area contributed by atoms with Gasteiger partial charge in [0.05, 0.1) is 5.60 Å². The molecule has 1 aromatic rings. The predicted molar refractivity (Wildman–Crippen MR) is 78.9 cm³/mol. The molecule has 0 amide bonds. The van der Waals surface area contributed by atoms with Crippen molar-refractivity contribution in [2.24, 2.45) is 5.92 Å². The van der Waals surface area contributed by atoms with Gasteiger partial charge >= 0.3 is 0 Å². The summed E-state index contributed by atoms with van der Waals surface area (Å²) in [5.41, 5.74) is 0.210. The molecule has 0 spiro atoms. The Labute approximate surface area is 114 Å². The molecule has 1 heterocycles. The quantitative estimate of drug-likeness (QED) is 0.858. The van der Waals surface area contributed by atoms with Crippen LogP contribution in [0, 0.1) is 5.92 Å². The minimum atomic E-state index is -0.773. The second-order valence-corrected chi connectivity index (χ2v) is 6.55. The maximum absolute atomic E-state index is 10.4. The van der Waals surface area contributed by atoms with Gasteiger partial charge in [0, 0.05) is 6.54 Å². The van der Waals surface area contributed by atoms with E-state index in [9.17, 15) is 5.11 Å². The van der Waals surface area contributed by atoms with E-state index in [2.05, 4.69) is 17.1 Å². The standard InChI is InChI=1S/C15H23NOS/c1-15(17,14-5-3-2-4-6-14)12-16-11-13-7-9-18-10-8-13/h2-6,13,16-17H,7-12H2,1H3. The molecule has 100 valence electrons. The van der Waals surface area contributed by atoms with Crippen LogP contribution in [0.4, 0.5) is 0 Å². The van der Waals surface area contributed by atoms with Gasteiger partial charge in [0.2, 0.25) is 0 Å². The van der Waals surface area contributed by atoms with E-state index in [1.807, 2.05) is 37.3 Å². The molecule has 0 bridgehead atoms. The van der Waals surface area contributed by atoms with Crippen LogP contribution >= 0.6 is 11.8 Å². The molecule has 1 atom stereocenters. The van der Waals surface area contributed by atoms with Crippen molar-refractivity contribution >= 4 is 11.8 Å². The van der Waals surface area contributed by atoms with Crippen molar-refractivity contribution in [3.63, 3.8) is 0 Å². The molecule has 0 radical (unpaired) electrons. The van der Waals surface area contributed by atoms with E-state index in [-0.39, 0.29) is 0 Å². The van der Waals surface area contributed by atoms with E-state index >= 15 is 0 Å². The Balaban J connectivity index is 1.78. The molecule has 0 aliphatic carbocycles. The Hall–Kier alpha value is -0.510. The van der Waals surface area contributed by atoms with Gasteiger partial charge in [-0.05, 0) is 49.3 Å². The highest BCUT2D eigenvalue weighted by atomic mass is 32.2. The minimum absolute atomic E-state index is 0.626. The van der Waals surface area contributed by atoms with Crippen LogP contribution < -0.4 is 5.32 Å². The number of hydrogen-bond acceptors (Lipinski definition) is 3. The minimum Gasteiger partial charge on any atom is -0.384 e. The first kappa shape index (κ1) is 13.9. The highest BCUT2D eigenvalue weighted by Crippen LogP contribution is 2.23. The first-order valence-electron chi connectivity index (χ1n) is 6.75. The van der Waals surface area contributed by atoms with Crippen LogP contribution in [0.15, 0.2) is 30.3 Å². The molecule has 2 N–H and O–H groups in total. The van der Waals surface area contributed by atoms with Crippen LogP contribution in [0.25, 0.3) is 0 Å². The molecule has 1 aliphatic rings. The number of benzene rings is 1. The summed E-state index contributed by atoms with van der Waals surface area (Å²) < 4.78 is 0. The first-order chi connectivity index (χ1) is 8.68. The lowest BCUT2D eigenvalue weighted by Gasteiger charge is -2.27. The van der Waals surface area contributed by atoms with Gasteiger partial charge in [-0.15, -0.1) is 0 Å². The molecule has 1 unspecified atom stereocenters. The second kappa shape index (κ2) is 6.60. The topological polar surface area (TPSA) is 32.3 Å². The van der Waals surface area contributed by atoms with Gasteiger partial charge in [-0.3, -0.25) is 0 Å². The molecule has 1 aromatic carbocycles. The van der Waals surface area contributed by atoms with Gasteiger partial charge in [-0.2, -0.15) is 11.8 Å². The van der Waals surface area contributed by atoms with Gasteiger partial charge in [-0.1, -0.05) is 30.3 Å². The summed E-state index contributed by atoms with van der Waals surface area (Å²) in [5.74, 6) is 3.38. The molecule has 3 heteroatoms. The van der Waals surface area contributed by atoms with Gasteiger partial charge in [0.15, 0.2) is 0 Å². The third kappa shape index (κ3) is 4.01. The maximum Gasteiger partial charge on any atom is 0.0992 e. The van der Waals surface area contributed by atoms with Gasteiger partial charge in [-0.25, -0.2) is 0 Å². The van der Waals surface area contributed by atoms with E-state index in [1.54, 1.807) is 0 Å². The van der Waals surface area contributed by atoms with E-state index in [4.69, 9.17) is 0 Å². The molecule has 2 nitrogen and oxygen atoms in total. The number of thioether (sulfide) groups is 1. The predicted octanol–water partition coefficient (Wildman–Crippen LogP) is 2.63. The molecule has 18 heavy (non-hydrogen) atoms. The van der Waals surface area contributed by atoms with Gasteiger partial charge in [0.1, 0.15) is 0 Å². The Bertz CT molecular complexity index is 347. The fraction of sp³-hybridized carbons (Fsp3) is 0.600. The van der Waals surface area contributed by atoms with Crippen molar-refractivity contribution in [1.82, 2.24) is 5.32 Å². The molecule has 1 saturated heterocycles. The Morgan fingerprint density at radius 3 is 2.61 bits per heavy atom. The van der Waals surface area contributed by atoms with Crippen molar-refractivity contribution in [3.8, 4) is 0 Å². The monoisotopic (exact) mass is 265 g/mol. The average molecular weight is 265 g/mol. The highest BCUT2D eigenvalue weighted by molar-refractivity contribution is 7.99. The lowest BCUT2D eigenvalue weighted by atomic mass is 9.95. The summed E-state index contributed by atoms with van der Waals surface area (Å²) in [5, 5.41) is 13.9. The van der Waals surface area contributed by atoms with Crippen LogP contribution in [0.3, 0.4) is 0 Å². The second-order valence-electron chi connectivity index (χ2n) is 5.33. The third-order valence-corrected chi connectivity index (χ3v) is 4.69. The van der Waals surface area contributed by atoms with Crippen LogP contribution in [-0.4, -0.2) is 29.7 Å². The van der Waals surface area contributed by atoms with E-state index < -0.39 is 5.60 Å². The van der Waals surface area contributed by atoms with Gasteiger partial charge < -0.3 is 10.4 Å². The maximum atomic E-state index is 10.4. The smallest absolute Gasteiger partial charge is 0.0992 e. The SMILES string of the molecule is CC(O)(CNCC1CCSCC1)c1ccccc1. The largest absolute Gasteiger partial charge is 0.384 e. The van der Waals surface area contributed by atoms with Crippen LogP contribution in [0.5, 0.6) is 0 Å². The molecular formula is C15H23NOS. The number of rotatable bonds is 5. The summed E-state index contributed by atoms with van der Waals surface area (Å²) in [4.78, 5) is 0. The highest BCUT2D eigenvalue weighted by Gasteiger charge is 2.23. The van der Waals surface area contributed by atoms with Crippen molar-refractivity contribution < 1.29 is 5.11 Å². The molecule has 0 aromatic heterocycles. The van der Waals surface area contributed by atoms with E-state index in [0.717, 1.165) is 18.0 Å². The summed E-state index contributed by atoms with van der Waals surface area (Å²) in [6, 6.07) is 9.90. The van der Waals surface area contributed by atoms with E-state index in [1.165, 1.54) is 24.3 Å². The van der Waals surface area contributed by atoms with Crippen LogP contribution in [0.1, 0.15) is 25.3 Å². The van der Waals surface area contributed by atoms with Crippen LogP contribution in [-0.2, 0) is 5.60 Å². The normalized spacial score (nSPS) is 20.6. The summed E-state index contributed by atoms with van der Waals surface area (Å²) in [6.45, 7) is 3.54. The zero-order valence-electron chi connectivity index (χ0n) is 11.1. The molecule has 2 rings (SSSR count). The lowest BCUT2D eigenvalue weighted by molar-refractivity contribution is 0.0559. The number of hydrogen-bond donors (Lipinski definition) is 2. The van der Waals surface area contributed by atoms with Gasteiger partial charge in [0.25, 0.3) is 0 Å². The number of nitrogens with one attached hydrogen (secondary N) is 1. The van der Waals surface area contributed by atoms with Crippen molar-refractivity contribution in [2.75, 3.05) is 24.6 Å². The Kier molecular flexibility index (Phi) is 5.10. The fourth-order valence-corrected chi connectivity index (χ4v) is 3.57.